The smallest absolute Gasteiger partial charge is 0.399 e. The van der Waals surface area contributed by atoms with Crippen molar-refractivity contribution in [2.24, 2.45) is 0 Å². The molecule has 0 aliphatic carbocycles. The van der Waals surface area contributed by atoms with Gasteiger partial charge in [0.15, 0.2) is 0 Å². The summed E-state index contributed by atoms with van der Waals surface area (Å²) in [6.07, 6.45) is 1.36. The summed E-state index contributed by atoms with van der Waals surface area (Å²) in [6, 6.07) is 3.68. The van der Waals surface area contributed by atoms with E-state index in [2.05, 4.69) is 4.98 Å². The number of halogens is 1. The molecule has 0 aromatic carbocycles. The Morgan fingerprint density at radius 2 is 1.85 bits per heavy atom. The van der Waals surface area contributed by atoms with E-state index in [-0.39, 0.29) is 5.56 Å². The summed E-state index contributed by atoms with van der Waals surface area (Å²) in [4.78, 5) is 3.62. The third kappa shape index (κ3) is 2.32. The third-order valence-corrected chi connectivity index (χ3v) is 4.11. The molecular formula is C14H18BFN2O2. The SMILES string of the molecule is CC(C#N)c1c(B2OC(C)(C)C(C)(C)O2)ccnc1F. The molecule has 0 amide bonds. The molecule has 2 heterocycles. The van der Waals surface area contributed by atoms with E-state index in [0.717, 1.165) is 0 Å². The van der Waals surface area contributed by atoms with Gasteiger partial charge in [0.2, 0.25) is 5.95 Å². The van der Waals surface area contributed by atoms with Crippen molar-refractivity contribution in [3.05, 3.63) is 23.8 Å². The van der Waals surface area contributed by atoms with Gasteiger partial charge >= 0.3 is 7.12 Å². The molecule has 1 aliphatic heterocycles. The van der Waals surface area contributed by atoms with Crippen molar-refractivity contribution < 1.29 is 13.7 Å². The number of nitrogens with zero attached hydrogens (tertiary/aromatic N) is 2. The van der Waals surface area contributed by atoms with Crippen LogP contribution >= 0.6 is 0 Å². The van der Waals surface area contributed by atoms with Gasteiger partial charge in [0, 0.05) is 11.8 Å². The Morgan fingerprint density at radius 3 is 2.35 bits per heavy atom. The lowest BCUT2D eigenvalue weighted by molar-refractivity contribution is 0.00578. The normalized spacial score (nSPS) is 21.6. The fourth-order valence-electron chi connectivity index (χ4n) is 2.13. The van der Waals surface area contributed by atoms with Crippen LogP contribution in [0.25, 0.3) is 0 Å². The van der Waals surface area contributed by atoms with Crippen molar-refractivity contribution in [3.63, 3.8) is 0 Å². The Balaban J connectivity index is 2.46. The first-order valence-electron chi connectivity index (χ1n) is 6.59. The lowest BCUT2D eigenvalue weighted by atomic mass is 9.74. The van der Waals surface area contributed by atoms with Gasteiger partial charge in [-0.1, -0.05) is 0 Å². The molecule has 0 saturated carbocycles. The summed E-state index contributed by atoms with van der Waals surface area (Å²) in [7, 11) is -0.691. The van der Waals surface area contributed by atoms with Crippen LogP contribution in [0.1, 0.15) is 46.1 Å². The molecule has 1 saturated heterocycles. The van der Waals surface area contributed by atoms with E-state index in [4.69, 9.17) is 14.6 Å². The predicted octanol–water partition coefficient (Wildman–Crippen LogP) is 2.15. The van der Waals surface area contributed by atoms with Crippen LogP contribution in [0.15, 0.2) is 12.3 Å². The topological polar surface area (TPSA) is 55.1 Å². The van der Waals surface area contributed by atoms with Gasteiger partial charge in [-0.3, -0.25) is 0 Å². The summed E-state index contributed by atoms with van der Waals surface area (Å²) < 4.78 is 25.8. The molecule has 1 aromatic heterocycles. The minimum atomic E-state index is -0.691. The van der Waals surface area contributed by atoms with Crippen molar-refractivity contribution in [1.29, 1.82) is 5.26 Å². The van der Waals surface area contributed by atoms with E-state index in [0.29, 0.717) is 5.46 Å². The molecular weight excluding hydrogens is 258 g/mol. The second-order valence-corrected chi connectivity index (χ2v) is 6.04. The maximum Gasteiger partial charge on any atom is 0.495 e. The average Bonchev–Trinajstić information content (AvgIpc) is 2.57. The van der Waals surface area contributed by atoms with E-state index < -0.39 is 30.2 Å². The van der Waals surface area contributed by atoms with Gasteiger partial charge < -0.3 is 9.31 Å². The maximum absolute atomic E-state index is 14.0. The van der Waals surface area contributed by atoms with E-state index in [1.165, 1.54) is 6.20 Å². The van der Waals surface area contributed by atoms with Crippen LogP contribution in [0, 0.1) is 17.3 Å². The van der Waals surface area contributed by atoms with Gasteiger partial charge in [0.25, 0.3) is 0 Å². The first-order chi connectivity index (χ1) is 9.19. The highest BCUT2D eigenvalue weighted by molar-refractivity contribution is 6.62. The van der Waals surface area contributed by atoms with Gasteiger partial charge in [-0.25, -0.2) is 4.98 Å². The van der Waals surface area contributed by atoms with Crippen LogP contribution in [0.3, 0.4) is 0 Å². The summed E-state index contributed by atoms with van der Waals surface area (Å²) in [5.74, 6) is -1.26. The molecule has 1 atom stereocenters. The second kappa shape index (κ2) is 4.83. The molecule has 1 fully saturated rings. The number of aromatic nitrogens is 1. The Kier molecular flexibility index (Phi) is 3.61. The third-order valence-electron chi connectivity index (χ3n) is 4.11. The molecule has 1 aromatic rings. The van der Waals surface area contributed by atoms with E-state index in [1.807, 2.05) is 33.8 Å². The standard InChI is InChI=1S/C14H18BFN2O2/c1-9(8-17)11-10(6-7-18-12(11)16)15-19-13(2,3)14(4,5)20-15/h6-7,9H,1-5H3. The van der Waals surface area contributed by atoms with Crippen LogP contribution < -0.4 is 5.46 Å². The largest absolute Gasteiger partial charge is 0.495 e. The molecule has 106 valence electrons. The predicted molar refractivity (Wildman–Crippen MR) is 73.9 cm³/mol. The van der Waals surface area contributed by atoms with Crippen LogP contribution in [0.2, 0.25) is 0 Å². The van der Waals surface area contributed by atoms with Crippen molar-refractivity contribution in [3.8, 4) is 6.07 Å². The van der Waals surface area contributed by atoms with Gasteiger partial charge in [0.1, 0.15) is 0 Å². The minimum absolute atomic E-state index is 0.244. The molecule has 2 rings (SSSR count). The lowest BCUT2D eigenvalue weighted by Gasteiger charge is -2.32. The molecule has 0 N–H and O–H groups in total. The van der Waals surface area contributed by atoms with Crippen molar-refractivity contribution >= 4 is 12.6 Å². The lowest BCUT2D eigenvalue weighted by Crippen LogP contribution is -2.41. The van der Waals surface area contributed by atoms with Crippen molar-refractivity contribution in [1.82, 2.24) is 4.98 Å². The number of pyridine rings is 1. The summed E-state index contributed by atoms with van der Waals surface area (Å²) in [5, 5.41) is 9.06. The molecule has 20 heavy (non-hydrogen) atoms. The van der Waals surface area contributed by atoms with Crippen LogP contribution in [-0.4, -0.2) is 23.3 Å². The molecule has 0 radical (unpaired) electrons. The quantitative estimate of drug-likeness (QED) is 0.613. The van der Waals surface area contributed by atoms with Crippen LogP contribution in [-0.2, 0) is 9.31 Å². The fraction of sp³-hybridized carbons (Fsp3) is 0.571. The zero-order valence-corrected chi connectivity index (χ0v) is 12.4. The Morgan fingerprint density at radius 1 is 1.30 bits per heavy atom. The van der Waals surface area contributed by atoms with E-state index >= 15 is 0 Å². The van der Waals surface area contributed by atoms with Gasteiger partial charge in [-0.05, 0) is 46.1 Å². The molecule has 0 spiro atoms. The minimum Gasteiger partial charge on any atom is -0.399 e. The zero-order valence-electron chi connectivity index (χ0n) is 12.4. The van der Waals surface area contributed by atoms with Gasteiger partial charge in [-0.2, -0.15) is 9.65 Å². The Bertz CT molecular complexity index is 553. The fourth-order valence-corrected chi connectivity index (χ4v) is 2.13. The second-order valence-electron chi connectivity index (χ2n) is 6.04. The Labute approximate surface area is 119 Å². The highest BCUT2D eigenvalue weighted by atomic mass is 19.1. The molecule has 6 heteroatoms. The van der Waals surface area contributed by atoms with E-state index in [9.17, 15) is 4.39 Å². The summed E-state index contributed by atoms with van der Waals surface area (Å²) in [5.41, 5.74) is -0.242. The molecule has 1 aliphatic rings. The van der Waals surface area contributed by atoms with Crippen molar-refractivity contribution in [2.45, 2.75) is 51.7 Å². The number of rotatable bonds is 2. The maximum atomic E-state index is 14.0. The molecule has 0 bridgehead atoms. The average molecular weight is 276 g/mol. The highest BCUT2D eigenvalue weighted by Gasteiger charge is 2.52. The van der Waals surface area contributed by atoms with Gasteiger partial charge in [-0.15, -0.1) is 0 Å². The first kappa shape index (κ1) is 15.0. The van der Waals surface area contributed by atoms with Gasteiger partial charge in [0.05, 0.1) is 23.2 Å². The number of hydrogen-bond donors (Lipinski definition) is 0. The summed E-state index contributed by atoms with van der Waals surface area (Å²) in [6.45, 7) is 9.35. The first-order valence-corrected chi connectivity index (χ1v) is 6.59. The molecule has 4 nitrogen and oxygen atoms in total. The monoisotopic (exact) mass is 276 g/mol. The molecule has 1 unspecified atom stereocenters. The van der Waals surface area contributed by atoms with E-state index in [1.54, 1.807) is 13.0 Å². The highest BCUT2D eigenvalue weighted by Crippen LogP contribution is 2.37. The number of hydrogen-bond acceptors (Lipinski definition) is 4. The number of nitriles is 1. The summed E-state index contributed by atoms with van der Waals surface area (Å²) >= 11 is 0. The Hall–Kier alpha value is -1.45. The van der Waals surface area contributed by atoms with Crippen molar-refractivity contribution in [2.75, 3.05) is 0 Å². The van der Waals surface area contributed by atoms with Crippen LogP contribution in [0.4, 0.5) is 4.39 Å². The zero-order chi connectivity index (χ0) is 15.1. The van der Waals surface area contributed by atoms with Crippen LogP contribution in [0.5, 0.6) is 0 Å².